The van der Waals surface area contributed by atoms with Crippen LogP contribution in [0.4, 0.5) is 0 Å². The third-order valence-electron chi connectivity index (χ3n) is 26.5. The van der Waals surface area contributed by atoms with Gasteiger partial charge in [-0.1, -0.05) is 189 Å². The van der Waals surface area contributed by atoms with Crippen molar-refractivity contribution in [1.82, 2.24) is 21.3 Å². The zero-order valence-corrected chi connectivity index (χ0v) is 70.6. The normalized spacial score (nSPS) is 31.3. The van der Waals surface area contributed by atoms with Crippen LogP contribution in [0.5, 0.6) is 0 Å². The lowest BCUT2D eigenvalue weighted by Gasteiger charge is -2.58. The van der Waals surface area contributed by atoms with Crippen molar-refractivity contribution in [2.45, 2.75) is 314 Å². The zero-order chi connectivity index (χ0) is 75.3. The van der Waals surface area contributed by atoms with Crippen molar-refractivity contribution < 1.29 is 47.7 Å². The molecule has 17 heteroatoms. The number of Topliss-reactive ketones (excluding diaryl/α,β-unsaturated/α-hetero) is 2. The van der Waals surface area contributed by atoms with Crippen molar-refractivity contribution >= 4 is 75.6 Å². The van der Waals surface area contributed by atoms with E-state index in [1.165, 1.54) is 114 Å². The average molecular weight is 1530 g/mol. The second-order valence-corrected chi connectivity index (χ2v) is 38.0. The number of thiol groups is 1. The van der Waals surface area contributed by atoms with Gasteiger partial charge in [-0.2, -0.15) is 12.6 Å². The molecular weight excluding hydrogens is 1380 g/mol. The summed E-state index contributed by atoms with van der Waals surface area (Å²) >= 11 is 8.59. The second-order valence-electron chi connectivity index (χ2n) is 36.0. The van der Waals surface area contributed by atoms with Gasteiger partial charge in [0.2, 0.25) is 11.8 Å². The molecule has 8 aliphatic rings. The molecule has 586 valence electrons. The highest BCUT2D eigenvalue weighted by atomic mass is 79.9. The number of carbonyl (C=O) groups excluding carboxylic acids is 6. The van der Waals surface area contributed by atoms with E-state index in [0.29, 0.717) is 61.5 Å². The summed E-state index contributed by atoms with van der Waals surface area (Å²) < 4.78 is 23.3. The van der Waals surface area contributed by atoms with Gasteiger partial charge in [0.15, 0.2) is 11.6 Å². The van der Waals surface area contributed by atoms with E-state index in [1.807, 2.05) is 55.4 Å². The lowest BCUT2D eigenvalue weighted by Crippen LogP contribution is -2.51. The Bertz CT molecular complexity index is 2710. The van der Waals surface area contributed by atoms with Crippen LogP contribution in [0.15, 0.2) is 23.3 Å². The largest absolute Gasteiger partial charge is 0.462 e. The minimum atomic E-state index is -0.395. The molecule has 0 aromatic rings. The van der Waals surface area contributed by atoms with Gasteiger partial charge in [-0.05, 0) is 209 Å². The quantitative estimate of drug-likeness (QED) is 0.00988. The van der Waals surface area contributed by atoms with E-state index in [4.69, 9.17) is 18.9 Å². The van der Waals surface area contributed by atoms with E-state index < -0.39 is 5.37 Å². The first-order chi connectivity index (χ1) is 48.2. The number of ether oxygens (including phenoxy) is 4. The fourth-order valence-corrected chi connectivity index (χ4v) is 23.0. The first kappa shape index (κ1) is 88.6. The summed E-state index contributed by atoms with van der Waals surface area (Å²) in [5.74, 6) is 10.3. The zero-order valence-electron chi connectivity index (χ0n) is 67.4. The third-order valence-corrected chi connectivity index (χ3v) is 28.5. The number of fused-ring (bicyclic) bond motifs is 10. The molecule has 8 aliphatic carbocycles. The number of ketones is 2. The van der Waals surface area contributed by atoms with Crippen LogP contribution < -0.4 is 21.3 Å². The average Bonchev–Trinajstić information content (AvgIpc) is 1.36. The molecule has 4 N–H and O–H groups in total. The number of amides is 2. The first-order valence-electron chi connectivity index (χ1n) is 41.1. The molecule has 0 aromatic heterocycles. The van der Waals surface area contributed by atoms with Crippen molar-refractivity contribution in [3.63, 3.8) is 0 Å². The fraction of sp³-hybridized carbons (Fsp3) is 0.882. The highest BCUT2D eigenvalue weighted by Crippen LogP contribution is 2.69. The number of nitrogens with one attached hydrogen (secondary N) is 4. The Balaban J connectivity index is 0.000000280. The van der Waals surface area contributed by atoms with E-state index in [2.05, 4.69) is 131 Å². The third kappa shape index (κ3) is 24.6. The maximum absolute atomic E-state index is 12.9. The predicted molar refractivity (Wildman–Crippen MR) is 427 cm³/mol. The van der Waals surface area contributed by atoms with Gasteiger partial charge in [-0.25, -0.2) is 0 Å². The Labute approximate surface area is 639 Å². The van der Waals surface area contributed by atoms with Gasteiger partial charge in [0.25, 0.3) is 0 Å². The molecule has 8 rings (SSSR count). The molecule has 0 bridgehead atoms. The Morgan fingerprint density at radius 3 is 1.36 bits per heavy atom. The molecule has 2 amide bonds. The van der Waals surface area contributed by atoms with Crippen LogP contribution in [0.3, 0.4) is 0 Å². The molecule has 0 saturated heterocycles. The molecule has 0 spiro atoms. The number of hydrogen-bond donors (Lipinski definition) is 5. The smallest absolute Gasteiger partial charge is 0.308 e. The molecule has 0 heterocycles. The Morgan fingerprint density at radius 2 is 0.971 bits per heavy atom. The lowest BCUT2D eigenvalue weighted by molar-refractivity contribution is -0.155. The number of allylic oxidation sites excluding steroid dienone is 4. The number of carbonyl (C=O) groups is 6. The van der Waals surface area contributed by atoms with Crippen LogP contribution in [0.1, 0.15) is 279 Å². The maximum Gasteiger partial charge on any atom is 0.308 e. The second kappa shape index (κ2) is 42.1. The fourth-order valence-electron chi connectivity index (χ4n) is 21.3. The summed E-state index contributed by atoms with van der Waals surface area (Å²) in [4.78, 5) is 73.2. The van der Waals surface area contributed by atoms with Crippen molar-refractivity contribution in [3.8, 4) is 0 Å². The number of hydrogen-bond acceptors (Lipinski definition) is 14. The van der Waals surface area contributed by atoms with Crippen LogP contribution >= 0.6 is 40.3 Å². The van der Waals surface area contributed by atoms with Gasteiger partial charge in [-0.3, -0.25) is 34.1 Å². The summed E-state index contributed by atoms with van der Waals surface area (Å²) in [6.45, 7) is 42.7. The van der Waals surface area contributed by atoms with Crippen LogP contribution in [-0.4, -0.2) is 127 Å². The number of halogens is 1. The first-order valence-corrected chi connectivity index (χ1v) is 43.9. The maximum atomic E-state index is 12.9. The van der Waals surface area contributed by atoms with Gasteiger partial charge >= 0.3 is 11.9 Å². The summed E-state index contributed by atoms with van der Waals surface area (Å²) in [7, 11) is 0. The van der Waals surface area contributed by atoms with Crippen LogP contribution in [0.2, 0.25) is 0 Å². The van der Waals surface area contributed by atoms with Gasteiger partial charge in [-0.15, -0.1) is 11.8 Å². The van der Waals surface area contributed by atoms with Crippen molar-refractivity contribution in [2.24, 2.45) is 105 Å². The summed E-state index contributed by atoms with van der Waals surface area (Å²) in [6.07, 6.45) is 33.4. The molecule has 18 atom stereocenters. The highest BCUT2D eigenvalue weighted by Gasteiger charge is 2.61. The molecule has 102 heavy (non-hydrogen) atoms. The standard InChI is InChI=1S/C42H72N2O5S.C34H56BrNO4.C9H19NOS/c1-27(2)11-10-12-30(7)34-17-18-35-33-16-14-31-13-15-32(25-42(31,9)36(33)19-21-41(34,35)8)49-38(46)20-23-48-24-22-43-37(45)26-50-40(44-29(5)6)39(47)28(3)4;1-23(2)7-6-8-24(3)28-13-14-29-27-12-10-25-9-11-26(21-34(25,5)30(27)15-17-33(28,29)4)40-32(38)16-19-39-20-18-36-31(37)22-35;1-6(2)9(11)8(5-12)10-7(3)4/h14,27-30,32-36,40,44H,10-13,15-26H2,1-9H3,(H,43,45);10,23-24,26-30H,6-9,11-22H2,1-5H3,(H,36,37);6-8,10,12H,5H2,1-4H3. The number of esters is 2. The van der Waals surface area contributed by atoms with E-state index in [1.54, 1.807) is 11.1 Å². The number of alkyl halides is 1. The molecule has 0 aliphatic heterocycles. The van der Waals surface area contributed by atoms with Gasteiger partial charge in [0, 0.05) is 42.8 Å². The number of thioether (sulfide) groups is 1. The van der Waals surface area contributed by atoms with E-state index in [-0.39, 0.29) is 113 Å². The minimum Gasteiger partial charge on any atom is -0.462 e. The van der Waals surface area contributed by atoms with Crippen molar-refractivity contribution in [2.75, 3.05) is 56.4 Å². The molecule has 6 saturated carbocycles. The van der Waals surface area contributed by atoms with Crippen LogP contribution in [0, 0.1) is 105 Å². The Kier molecular flexibility index (Phi) is 36.5. The van der Waals surface area contributed by atoms with Crippen molar-refractivity contribution in [3.05, 3.63) is 23.3 Å². The van der Waals surface area contributed by atoms with Gasteiger partial charge < -0.3 is 34.9 Å². The molecule has 14 nitrogen and oxygen atoms in total. The molecule has 0 aromatic carbocycles. The Hall–Kier alpha value is -2.28. The Morgan fingerprint density at radius 1 is 0.539 bits per heavy atom. The lowest BCUT2D eigenvalue weighted by atomic mass is 9.47. The van der Waals surface area contributed by atoms with E-state index in [0.717, 1.165) is 104 Å². The van der Waals surface area contributed by atoms with Crippen molar-refractivity contribution in [1.29, 1.82) is 0 Å². The van der Waals surface area contributed by atoms with Gasteiger partial charge in [0.1, 0.15) is 17.6 Å². The SMILES string of the molecule is CC(C)CCCC(C)C1CCC2C3CC=C4CCC(OC(=O)CCOCCNC(=O)CBr)CC4(C)C3CCC12C.CC(C)CCCC(C)C1CCC2C3CC=C4CCC(OC(=O)CCOCCNC(=O)CSC(NC(C)C)C(=O)C(C)C)CC4(C)C3CCC12C.CC(C)NC(CS)C(=O)C(C)C. The summed E-state index contributed by atoms with van der Waals surface area (Å²) in [5, 5.41) is 11.9. The molecule has 18 unspecified atom stereocenters. The van der Waals surface area contributed by atoms with Gasteiger partial charge in [0.05, 0.1) is 56.4 Å². The molecular formula is C85H147BrN4O10S2. The van der Waals surface area contributed by atoms with E-state index in [9.17, 15) is 28.8 Å². The minimum absolute atomic E-state index is 0.0113. The predicted octanol–water partition coefficient (Wildman–Crippen LogP) is 18.1. The molecule has 0 radical (unpaired) electrons. The van der Waals surface area contributed by atoms with E-state index >= 15 is 0 Å². The number of rotatable bonds is 37. The topological polar surface area (TPSA) is 187 Å². The summed E-state index contributed by atoms with van der Waals surface area (Å²) in [5.41, 5.74) is 4.55. The van der Waals surface area contributed by atoms with Crippen LogP contribution in [-0.2, 0) is 47.7 Å². The summed E-state index contributed by atoms with van der Waals surface area (Å²) in [6, 6.07) is 0.401. The molecule has 6 fully saturated rings. The highest BCUT2D eigenvalue weighted by molar-refractivity contribution is 9.09. The van der Waals surface area contributed by atoms with Crippen LogP contribution in [0.25, 0.3) is 0 Å². The monoisotopic (exact) mass is 1530 g/mol.